The van der Waals surface area contributed by atoms with E-state index in [1.165, 1.54) is 0 Å². The quantitative estimate of drug-likeness (QED) is 0.925. The van der Waals surface area contributed by atoms with Gasteiger partial charge in [0.05, 0.1) is 15.9 Å². The second-order valence-electron chi connectivity index (χ2n) is 3.44. The summed E-state index contributed by atoms with van der Waals surface area (Å²) in [6.45, 7) is 1.79. The van der Waals surface area contributed by atoms with Crippen molar-refractivity contribution >= 4 is 33.5 Å². The van der Waals surface area contributed by atoms with E-state index in [9.17, 15) is 4.79 Å². The molecule has 0 aliphatic carbocycles. The number of carboxylic acids is 1. The number of halogens is 2. The van der Waals surface area contributed by atoms with Gasteiger partial charge in [-0.1, -0.05) is 11.6 Å². The third-order valence-corrected chi connectivity index (χ3v) is 3.52. The third kappa shape index (κ3) is 2.21. The summed E-state index contributed by atoms with van der Waals surface area (Å²) in [4.78, 5) is 10.9. The van der Waals surface area contributed by atoms with E-state index in [1.54, 1.807) is 35.9 Å². The molecule has 17 heavy (non-hydrogen) atoms. The van der Waals surface area contributed by atoms with Crippen molar-refractivity contribution in [2.75, 3.05) is 0 Å². The van der Waals surface area contributed by atoms with Crippen LogP contribution >= 0.6 is 27.5 Å². The van der Waals surface area contributed by atoms with Gasteiger partial charge in [0.2, 0.25) is 0 Å². The maximum Gasteiger partial charge on any atom is 0.357 e. The normalized spacial score (nSPS) is 10.5. The Bertz CT molecular complexity index is 578. The lowest BCUT2D eigenvalue weighted by atomic mass is 10.3. The van der Waals surface area contributed by atoms with Crippen molar-refractivity contribution in [2.24, 2.45) is 0 Å². The van der Waals surface area contributed by atoms with Crippen LogP contribution in [0.2, 0.25) is 5.02 Å². The highest BCUT2D eigenvalue weighted by Crippen LogP contribution is 2.24. The Morgan fingerprint density at radius 1 is 1.41 bits per heavy atom. The van der Waals surface area contributed by atoms with Gasteiger partial charge < -0.3 is 5.11 Å². The number of aromatic nitrogens is 2. The Morgan fingerprint density at radius 3 is 2.47 bits per heavy atom. The largest absolute Gasteiger partial charge is 0.476 e. The Balaban J connectivity index is 2.56. The van der Waals surface area contributed by atoms with E-state index >= 15 is 0 Å². The molecule has 0 aliphatic rings. The van der Waals surface area contributed by atoms with E-state index in [4.69, 9.17) is 16.7 Å². The molecule has 1 N–H and O–H groups in total. The van der Waals surface area contributed by atoms with Crippen molar-refractivity contribution < 1.29 is 9.90 Å². The number of aromatic carboxylic acids is 1. The molecular weight excluding hydrogens is 307 g/mol. The SMILES string of the molecule is Cc1c(Br)c(C(=O)O)nn1-c1ccc(Cl)cc1. The van der Waals surface area contributed by atoms with Crippen molar-refractivity contribution in [3.05, 3.63) is 45.1 Å². The number of benzene rings is 1. The van der Waals surface area contributed by atoms with Crippen LogP contribution in [0, 0.1) is 6.92 Å². The Labute approximate surface area is 111 Å². The lowest BCUT2D eigenvalue weighted by Gasteiger charge is -2.03. The molecule has 0 bridgehead atoms. The van der Waals surface area contributed by atoms with Gasteiger partial charge in [0.15, 0.2) is 5.69 Å². The van der Waals surface area contributed by atoms with Gasteiger partial charge in [0, 0.05) is 5.02 Å². The molecule has 0 saturated heterocycles. The van der Waals surface area contributed by atoms with Crippen molar-refractivity contribution in [1.82, 2.24) is 9.78 Å². The van der Waals surface area contributed by atoms with Crippen LogP contribution in [-0.2, 0) is 0 Å². The first-order valence-corrected chi connectivity index (χ1v) is 5.92. The molecule has 0 radical (unpaired) electrons. The second kappa shape index (κ2) is 4.50. The summed E-state index contributed by atoms with van der Waals surface area (Å²) in [6, 6.07) is 7.01. The number of hydrogen-bond acceptors (Lipinski definition) is 2. The van der Waals surface area contributed by atoms with E-state index < -0.39 is 5.97 Å². The molecule has 0 atom stereocenters. The molecule has 1 aromatic carbocycles. The Kier molecular flexibility index (Phi) is 3.22. The lowest BCUT2D eigenvalue weighted by Crippen LogP contribution is -2.02. The maximum atomic E-state index is 10.9. The van der Waals surface area contributed by atoms with Crippen LogP contribution in [0.1, 0.15) is 16.2 Å². The average Bonchev–Trinajstić information content (AvgIpc) is 2.58. The molecule has 6 heteroatoms. The van der Waals surface area contributed by atoms with E-state index in [2.05, 4.69) is 21.0 Å². The zero-order chi connectivity index (χ0) is 12.6. The van der Waals surface area contributed by atoms with Crippen molar-refractivity contribution in [3.63, 3.8) is 0 Å². The summed E-state index contributed by atoms with van der Waals surface area (Å²) in [5, 5.41) is 13.6. The standard InChI is InChI=1S/C11H8BrClN2O2/c1-6-9(12)10(11(16)17)14-15(6)8-4-2-7(13)3-5-8/h2-5H,1H3,(H,16,17). The first-order valence-electron chi connectivity index (χ1n) is 4.75. The average molecular weight is 316 g/mol. The maximum absolute atomic E-state index is 10.9. The first-order chi connectivity index (χ1) is 8.00. The fourth-order valence-corrected chi connectivity index (χ4v) is 2.00. The molecule has 0 saturated carbocycles. The molecule has 2 aromatic rings. The number of hydrogen-bond donors (Lipinski definition) is 1. The van der Waals surface area contributed by atoms with E-state index in [-0.39, 0.29) is 5.69 Å². The summed E-state index contributed by atoms with van der Waals surface area (Å²) in [5.41, 5.74) is 1.49. The first kappa shape index (κ1) is 12.1. The number of nitrogens with zero attached hydrogens (tertiary/aromatic N) is 2. The van der Waals surface area contributed by atoms with Gasteiger partial charge in [-0.15, -0.1) is 0 Å². The lowest BCUT2D eigenvalue weighted by molar-refractivity contribution is 0.0689. The number of carboxylic acid groups (broad SMARTS) is 1. The monoisotopic (exact) mass is 314 g/mol. The van der Waals surface area contributed by atoms with Crippen LogP contribution in [0.4, 0.5) is 0 Å². The minimum Gasteiger partial charge on any atom is -0.476 e. The second-order valence-corrected chi connectivity index (χ2v) is 4.67. The van der Waals surface area contributed by atoms with E-state index in [0.29, 0.717) is 9.50 Å². The molecule has 0 amide bonds. The van der Waals surface area contributed by atoms with Crippen LogP contribution < -0.4 is 0 Å². The molecule has 88 valence electrons. The fourth-order valence-electron chi connectivity index (χ4n) is 1.45. The van der Waals surface area contributed by atoms with Crippen LogP contribution in [0.3, 0.4) is 0 Å². The van der Waals surface area contributed by atoms with Gasteiger partial charge >= 0.3 is 5.97 Å². The molecule has 0 unspecified atom stereocenters. The van der Waals surface area contributed by atoms with Gasteiger partial charge in [-0.05, 0) is 47.1 Å². The van der Waals surface area contributed by atoms with Crippen molar-refractivity contribution in [3.8, 4) is 5.69 Å². The fraction of sp³-hybridized carbons (Fsp3) is 0.0909. The van der Waals surface area contributed by atoms with Crippen LogP contribution in [0.15, 0.2) is 28.7 Å². The predicted octanol–water partition coefficient (Wildman–Crippen LogP) is 3.29. The van der Waals surface area contributed by atoms with Gasteiger partial charge in [-0.2, -0.15) is 5.10 Å². The molecule has 0 fully saturated rings. The van der Waals surface area contributed by atoms with Crippen LogP contribution in [0.5, 0.6) is 0 Å². The van der Waals surface area contributed by atoms with E-state index in [1.807, 2.05) is 0 Å². The number of carbonyl (C=O) groups is 1. The highest BCUT2D eigenvalue weighted by atomic mass is 79.9. The predicted molar refractivity (Wildman–Crippen MR) is 68.0 cm³/mol. The summed E-state index contributed by atoms with van der Waals surface area (Å²) in [6.07, 6.45) is 0. The molecule has 0 aliphatic heterocycles. The van der Waals surface area contributed by atoms with Gasteiger partial charge in [0.25, 0.3) is 0 Å². The smallest absolute Gasteiger partial charge is 0.357 e. The summed E-state index contributed by atoms with van der Waals surface area (Å²) >= 11 is 9.02. The Morgan fingerprint density at radius 2 is 2.00 bits per heavy atom. The van der Waals surface area contributed by atoms with Gasteiger partial charge in [-0.25, -0.2) is 9.48 Å². The molecule has 0 spiro atoms. The van der Waals surface area contributed by atoms with Gasteiger partial charge in [0.1, 0.15) is 0 Å². The van der Waals surface area contributed by atoms with Crippen LogP contribution in [0.25, 0.3) is 5.69 Å². The topological polar surface area (TPSA) is 55.1 Å². The highest BCUT2D eigenvalue weighted by molar-refractivity contribution is 9.10. The highest BCUT2D eigenvalue weighted by Gasteiger charge is 2.18. The zero-order valence-corrected chi connectivity index (χ0v) is 11.2. The van der Waals surface area contributed by atoms with Gasteiger partial charge in [-0.3, -0.25) is 0 Å². The molecule has 1 heterocycles. The Hall–Kier alpha value is -1.33. The minimum atomic E-state index is -1.06. The van der Waals surface area contributed by atoms with Crippen molar-refractivity contribution in [1.29, 1.82) is 0 Å². The molecule has 4 nitrogen and oxygen atoms in total. The molecule has 1 aromatic heterocycles. The summed E-state index contributed by atoms with van der Waals surface area (Å²) in [7, 11) is 0. The van der Waals surface area contributed by atoms with Crippen molar-refractivity contribution in [2.45, 2.75) is 6.92 Å². The minimum absolute atomic E-state index is 0.00236. The van der Waals surface area contributed by atoms with Crippen LogP contribution in [-0.4, -0.2) is 20.9 Å². The number of rotatable bonds is 2. The summed E-state index contributed by atoms with van der Waals surface area (Å²) < 4.78 is 2.05. The third-order valence-electron chi connectivity index (χ3n) is 2.32. The van der Waals surface area contributed by atoms with E-state index in [0.717, 1.165) is 11.4 Å². The molecule has 2 rings (SSSR count). The molecular formula is C11H8BrClN2O2. The zero-order valence-electron chi connectivity index (χ0n) is 8.82. The summed E-state index contributed by atoms with van der Waals surface area (Å²) in [5.74, 6) is -1.06.